The second-order valence-corrected chi connectivity index (χ2v) is 11.1. The first-order chi connectivity index (χ1) is 18.3. The first-order valence-corrected chi connectivity index (χ1v) is 13.5. The number of carbonyl (C=O) groups excluding carboxylic acids is 1. The van der Waals surface area contributed by atoms with Gasteiger partial charge in [-0.05, 0) is 74.8 Å². The maximum absolute atomic E-state index is 13.3. The lowest BCUT2D eigenvalue weighted by Crippen LogP contribution is -2.43. The maximum atomic E-state index is 13.3. The van der Waals surface area contributed by atoms with Gasteiger partial charge in [-0.2, -0.15) is 5.10 Å². The van der Waals surface area contributed by atoms with Gasteiger partial charge in [0, 0.05) is 46.1 Å². The zero-order valence-electron chi connectivity index (χ0n) is 21.8. The van der Waals surface area contributed by atoms with Gasteiger partial charge in [-0.1, -0.05) is 19.9 Å². The van der Waals surface area contributed by atoms with E-state index >= 15 is 0 Å². The molecule has 2 fully saturated rings. The van der Waals surface area contributed by atoms with Gasteiger partial charge in [0.15, 0.2) is 0 Å². The summed E-state index contributed by atoms with van der Waals surface area (Å²) in [5, 5.41) is 30.5. The molecule has 3 N–H and O–H groups in total. The summed E-state index contributed by atoms with van der Waals surface area (Å²) in [6.07, 6.45) is 9.49. The molecule has 0 unspecified atom stereocenters. The van der Waals surface area contributed by atoms with Crippen LogP contribution in [0.2, 0.25) is 0 Å². The highest BCUT2D eigenvalue weighted by Gasteiger charge is 2.45. The van der Waals surface area contributed by atoms with Gasteiger partial charge in [0.2, 0.25) is 5.69 Å². The van der Waals surface area contributed by atoms with Crippen molar-refractivity contribution in [1.82, 2.24) is 14.8 Å². The lowest BCUT2D eigenvalue weighted by molar-refractivity contribution is -0.911. The lowest BCUT2D eigenvalue weighted by Gasteiger charge is -2.36. The van der Waals surface area contributed by atoms with Crippen molar-refractivity contribution >= 4 is 22.5 Å². The molecule has 4 aromatic rings. The van der Waals surface area contributed by atoms with Crippen LogP contribution in [0.3, 0.4) is 0 Å². The fourth-order valence-corrected chi connectivity index (χ4v) is 5.82. The van der Waals surface area contributed by atoms with E-state index in [1.165, 1.54) is 0 Å². The van der Waals surface area contributed by atoms with E-state index in [2.05, 4.69) is 10.3 Å². The van der Waals surface area contributed by atoms with Crippen LogP contribution in [0.1, 0.15) is 80.5 Å². The van der Waals surface area contributed by atoms with Crippen molar-refractivity contribution < 1.29 is 19.8 Å². The molecule has 38 heavy (non-hydrogen) atoms. The van der Waals surface area contributed by atoms with Gasteiger partial charge in [-0.15, -0.1) is 0 Å². The quantitative estimate of drug-likeness (QED) is 0.242. The van der Waals surface area contributed by atoms with Crippen molar-refractivity contribution in [3.63, 3.8) is 0 Å². The summed E-state index contributed by atoms with van der Waals surface area (Å²) in [5.74, 6) is 0.121. The number of amides is 1. The van der Waals surface area contributed by atoms with Gasteiger partial charge in [0.05, 0.1) is 28.5 Å². The van der Waals surface area contributed by atoms with E-state index in [-0.39, 0.29) is 17.7 Å². The molecule has 0 spiro atoms. The normalized spacial score (nSPS) is 21.6. The van der Waals surface area contributed by atoms with Crippen molar-refractivity contribution in [3.05, 3.63) is 72.3 Å². The molecule has 3 heterocycles. The van der Waals surface area contributed by atoms with Crippen LogP contribution in [-0.2, 0) is 0 Å². The number of fused-ring (bicyclic) bond motifs is 1. The van der Waals surface area contributed by atoms with Crippen molar-refractivity contribution in [3.8, 4) is 11.3 Å². The van der Waals surface area contributed by atoms with Gasteiger partial charge < -0.3 is 10.4 Å². The number of pyridine rings is 2. The topological polar surface area (TPSA) is 104 Å². The Hall–Kier alpha value is -3.78. The molecule has 6 rings (SSSR count). The summed E-state index contributed by atoms with van der Waals surface area (Å²) in [6, 6.07) is 15.0. The standard InChI is InChI=1S/C30H33N5O3/c1-19(2)27-7-5-8-28(35(27)38)29(36)32-26-16-20-18-34(22-11-13-30(37,14-12-22)21-9-10-21)33-25(20)17-23(26)24-6-3-4-15-31-24/h3-8,15-19,21-22,37H,9-14H2,1-2H3,(H-,32,36,38)/p+1/t22-,30-. The molecule has 0 radical (unpaired) electrons. The maximum Gasteiger partial charge on any atom is 0.325 e. The molecule has 196 valence electrons. The van der Waals surface area contributed by atoms with E-state index in [9.17, 15) is 15.1 Å². The highest BCUT2D eigenvalue weighted by molar-refractivity contribution is 6.06. The van der Waals surface area contributed by atoms with E-state index < -0.39 is 11.5 Å². The Morgan fingerprint density at radius 1 is 1.11 bits per heavy atom. The van der Waals surface area contributed by atoms with Crippen LogP contribution < -0.4 is 10.0 Å². The van der Waals surface area contributed by atoms with E-state index in [1.807, 2.05) is 55.1 Å². The van der Waals surface area contributed by atoms with E-state index in [0.717, 1.165) is 65.4 Å². The Balaban J connectivity index is 1.34. The fourth-order valence-electron chi connectivity index (χ4n) is 5.82. The molecular weight excluding hydrogens is 478 g/mol. The Morgan fingerprint density at radius 2 is 1.89 bits per heavy atom. The Labute approximate surface area is 221 Å². The number of aliphatic hydroxyl groups is 1. The van der Waals surface area contributed by atoms with E-state index in [1.54, 1.807) is 24.4 Å². The van der Waals surface area contributed by atoms with Crippen LogP contribution in [0.4, 0.5) is 5.69 Å². The predicted molar refractivity (Wildman–Crippen MR) is 144 cm³/mol. The highest BCUT2D eigenvalue weighted by atomic mass is 16.5. The average Bonchev–Trinajstić information content (AvgIpc) is 3.70. The van der Waals surface area contributed by atoms with Gasteiger partial charge in [0.1, 0.15) is 0 Å². The molecule has 2 aliphatic rings. The zero-order chi connectivity index (χ0) is 26.4. The van der Waals surface area contributed by atoms with Crippen molar-refractivity contribution in [2.75, 3.05) is 5.32 Å². The molecule has 8 heteroatoms. The number of nitrogens with one attached hydrogen (secondary N) is 1. The molecular formula is C30H34N5O3+. The zero-order valence-corrected chi connectivity index (χ0v) is 21.8. The fraction of sp³-hybridized carbons (Fsp3) is 0.400. The average molecular weight is 513 g/mol. The monoisotopic (exact) mass is 512 g/mol. The number of benzene rings is 1. The van der Waals surface area contributed by atoms with E-state index in [4.69, 9.17) is 5.10 Å². The molecule has 2 saturated carbocycles. The molecule has 8 nitrogen and oxygen atoms in total. The van der Waals surface area contributed by atoms with Crippen LogP contribution in [0, 0.1) is 5.92 Å². The third kappa shape index (κ3) is 4.53. The summed E-state index contributed by atoms with van der Waals surface area (Å²) < 4.78 is 2.99. The SMILES string of the molecule is CC(C)c1cccc(C(=O)Nc2cc3cn([C@H]4CC[C@@](O)(C5CC5)CC4)nc3cc2-c2ccccn2)[n+]1O. The Bertz CT molecular complexity index is 1480. The van der Waals surface area contributed by atoms with Crippen LogP contribution in [0.5, 0.6) is 0 Å². The summed E-state index contributed by atoms with van der Waals surface area (Å²) in [5.41, 5.74) is 3.22. The summed E-state index contributed by atoms with van der Waals surface area (Å²) in [4.78, 5) is 17.9. The highest BCUT2D eigenvalue weighted by Crippen LogP contribution is 2.49. The second kappa shape index (κ2) is 9.51. The number of aromatic nitrogens is 4. The minimum absolute atomic E-state index is 0.0547. The largest absolute Gasteiger partial charge is 0.390 e. The Morgan fingerprint density at radius 3 is 2.58 bits per heavy atom. The first kappa shape index (κ1) is 24.6. The summed E-state index contributed by atoms with van der Waals surface area (Å²) >= 11 is 0. The lowest BCUT2D eigenvalue weighted by atomic mass is 9.79. The summed E-state index contributed by atoms with van der Waals surface area (Å²) in [6.45, 7) is 3.93. The Kier molecular flexibility index (Phi) is 6.14. The molecule has 1 aromatic carbocycles. The van der Waals surface area contributed by atoms with Crippen molar-refractivity contribution in [2.45, 2.75) is 69.9 Å². The molecule has 0 atom stereocenters. The smallest absolute Gasteiger partial charge is 0.325 e. The number of rotatable bonds is 6. The minimum Gasteiger partial charge on any atom is -0.390 e. The van der Waals surface area contributed by atoms with Gasteiger partial charge in [-0.3, -0.25) is 19.7 Å². The van der Waals surface area contributed by atoms with Crippen LogP contribution in [0.25, 0.3) is 22.2 Å². The number of nitrogens with zero attached hydrogens (tertiary/aromatic N) is 4. The molecule has 0 aliphatic heterocycles. The van der Waals surface area contributed by atoms with Gasteiger partial charge in [-0.25, -0.2) is 0 Å². The van der Waals surface area contributed by atoms with Crippen LogP contribution in [-0.4, -0.2) is 36.6 Å². The number of hydrogen-bond acceptors (Lipinski definition) is 5. The van der Waals surface area contributed by atoms with Crippen LogP contribution in [0.15, 0.2) is 60.9 Å². The molecule has 1 amide bonds. The molecule has 2 aliphatic carbocycles. The second-order valence-electron chi connectivity index (χ2n) is 11.1. The molecule has 0 bridgehead atoms. The van der Waals surface area contributed by atoms with Gasteiger partial charge >= 0.3 is 11.6 Å². The van der Waals surface area contributed by atoms with Crippen molar-refractivity contribution in [1.29, 1.82) is 0 Å². The minimum atomic E-state index is -0.497. The molecule has 3 aromatic heterocycles. The summed E-state index contributed by atoms with van der Waals surface area (Å²) in [7, 11) is 0. The predicted octanol–water partition coefficient (Wildman–Crippen LogP) is 5.26. The van der Waals surface area contributed by atoms with E-state index in [0.29, 0.717) is 17.3 Å². The third-order valence-corrected chi connectivity index (χ3v) is 8.20. The first-order valence-electron chi connectivity index (χ1n) is 13.5. The van der Waals surface area contributed by atoms with Crippen LogP contribution >= 0.6 is 0 Å². The number of anilines is 1. The number of carbonyl (C=O) groups is 1. The van der Waals surface area contributed by atoms with Crippen molar-refractivity contribution in [2.24, 2.45) is 5.92 Å². The molecule has 0 saturated heterocycles. The number of hydrogen-bond donors (Lipinski definition) is 3. The third-order valence-electron chi connectivity index (χ3n) is 8.20. The van der Waals surface area contributed by atoms with Gasteiger partial charge in [0.25, 0.3) is 0 Å².